The normalized spacial score (nSPS) is 11.8. The van der Waals surface area contributed by atoms with Crippen molar-refractivity contribution >= 4 is 65.6 Å². The minimum atomic E-state index is 0.510. The lowest BCUT2D eigenvalue weighted by molar-refractivity contribution is 0.670. The smallest absolute Gasteiger partial charge is 0.238 e. The van der Waals surface area contributed by atoms with Crippen LogP contribution in [0.5, 0.6) is 0 Å². The average Bonchev–Trinajstić information content (AvgIpc) is 4.02. The van der Waals surface area contributed by atoms with E-state index in [0.29, 0.717) is 17.6 Å². The molecule has 0 bridgehead atoms. The van der Waals surface area contributed by atoms with Crippen LogP contribution < -0.4 is 0 Å². The second-order valence-electron chi connectivity index (χ2n) is 16.0. The molecule has 0 aliphatic rings. The predicted molar refractivity (Wildman–Crippen MR) is 258 cm³/mol. The van der Waals surface area contributed by atoms with Crippen molar-refractivity contribution in [2.45, 2.75) is 0 Å². The van der Waals surface area contributed by atoms with Crippen molar-refractivity contribution in [2.75, 3.05) is 0 Å². The number of para-hydroxylation sites is 4. The highest BCUT2D eigenvalue weighted by atomic mass is 16.3. The summed E-state index contributed by atoms with van der Waals surface area (Å²) in [4.78, 5) is 16.2. The van der Waals surface area contributed by atoms with Crippen molar-refractivity contribution < 1.29 is 4.42 Å². The van der Waals surface area contributed by atoms with Crippen LogP contribution in [-0.2, 0) is 0 Å². The van der Waals surface area contributed by atoms with Crippen molar-refractivity contribution in [1.29, 1.82) is 0 Å². The van der Waals surface area contributed by atoms with Gasteiger partial charge < -0.3 is 8.98 Å². The van der Waals surface area contributed by atoms with E-state index in [4.69, 9.17) is 19.4 Å². The predicted octanol–water partition coefficient (Wildman–Crippen LogP) is 14.6. The fourth-order valence-corrected chi connectivity index (χ4v) is 9.56. The molecule has 4 aromatic heterocycles. The number of fused-ring (bicyclic) bond motifs is 10. The third-order valence-electron chi connectivity index (χ3n) is 12.4. The maximum Gasteiger partial charge on any atom is 0.238 e. The lowest BCUT2D eigenvalue weighted by atomic mass is 9.94. The number of furan rings is 1. The molecule has 6 nitrogen and oxygen atoms in total. The zero-order chi connectivity index (χ0) is 41.4. The zero-order valence-electron chi connectivity index (χ0n) is 33.9. The lowest BCUT2D eigenvalue weighted by Crippen LogP contribution is -2.06. The maximum atomic E-state index is 6.73. The summed E-state index contributed by atoms with van der Waals surface area (Å²) in [5, 5.41) is 6.55. The Balaban J connectivity index is 1.08. The van der Waals surface area contributed by atoms with Crippen molar-refractivity contribution in [3.8, 4) is 56.7 Å². The summed E-state index contributed by atoms with van der Waals surface area (Å²) in [6.45, 7) is 0. The van der Waals surface area contributed by atoms with E-state index in [1.54, 1.807) is 0 Å². The van der Waals surface area contributed by atoms with E-state index in [2.05, 4.69) is 209 Å². The Labute approximate surface area is 361 Å². The molecule has 0 amide bonds. The molecule has 0 spiro atoms. The number of benzene rings is 9. The van der Waals surface area contributed by atoms with Gasteiger partial charge in [0.25, 0.3) is 0 Å². The van der Waals surface area contributed by atoms with E-state index in [9.17, 15) is 0 Å². The molecule has 0 radical (unpaired) electrons. The van der Waals surface area contributed by atoms with Crippen molar-refractivity contribution in [2.24, 2.45) is 0 Å². The molecule has 0 unspecified atom stereocenters. The molecule has 0 saturated carbocycles. The van der Waals surface area contributed by atoms with Gasteiger partial charge >= 0.3 is 0 Å². The molecule has 4 heterocycles. The molecule has 0 aliphatic heterocycles. The summed E-state index contributed by atoms with van der Waals surface area (Å²) in [6.07, 6.45) is 0. The van der Waals surface area contributed by atoms with Crippen LogP contribution in [0.1, 0.15) is 0 Å². The van der Waals surface area contributed by atoms with Gasteiger partial charge in [-0.3, -0.25) is 4.57 Å². The number of hydrogen-bond acceptors (Lipinski definition) is 4. The molecule has 294 valence electrons. The molecule has 0 aliphatic carbocycles. The minimum Gasteiger partial charge on any atom is -0.454 e. The Kier molecular flexibility index (Phi) is 7.80. The molecular weight excluding hydrogens is 771 g/mol. The van der Waals surface area contributed by atoms with Crippen LogP contribution in [0, 0.1) is 0 Å². The third-order valence-corrected chi connectivity index (χ3v) is 12.4. The standard InChI is InChI=1S/C57H35N5O/c1-3-16-36(17-4-1)41-22-7-8-23-42(41)37-18-15-19-38(34-37)55-58-56(39-30-33-51-48(35-39)44-25-10-12-27-49(44)61(51)40-20-5-2-6-21-40)60-57(59-55)62-50-28-13-9-24-43(50)46-31-32-47-45-26-11-14-29-52(45)63-54(47)53(46)62/h1-35H. The largest absolute Gasteiger partial charge is 0.454 e. The van der Waals surface area contributed by atoms with Crippen LogP contribution in [0.15, 0.2) is 217 Å². The first-order chi connectivity index (χ1) is 31.2. The van der Waals surface area contributed by atoms with Crippen LogP contribution >= 0.6 is 0 Å². The van der Waals surface area contributed by atoms with Gasteiger partial charge in [0.1, 0.15) is 11.1 Å². The summed E-state index contributed by atoms with van der Waals surface area (Å²) < 4.78 is 11.2. The van der Waals surface area contributed by atoms with Gasteiger partial charge in [0.15, 0.2) is 17.2 Å². The molecule has 63 heavy (non-hydrogen) atoms. The van der Waals surface area contributed by atoms with Gasteiger partial charge in [-0.2, -0.15) is 9.97 Å². The number of rotatable bonds is 6. The maximum absolute atomic E-state index is 6.73. The minimum absolute atomic E-state index is 0.510. The van der Waals surface area contributed by atoms with E-state index in [-0.39, 0.29) is 0 Å². The number of aromatic nitrogens is 5. The van der Waals surface area contributed by atoms with E-state index >= 15 is 0 Å². The molecule has 0 N–H and O–H groups in total. The molecule has 9 aromatic carbocycles. The Bertz CT molecular complexity index is 3920. The monoisotopic (exact) mass is 805 g/mol. The highest BCUT2D eigenvalue weighted by Gasteiger charge is 2.23. The molecule has 6 heteroatoms. The first-order valence-corrected chi connectivity index (χ1v) is 21.2. The lowest BCUT2D eigenvalue weighted by Gasteiger charge is -2.13. The summed E-state index contributed by atoms with van der Waals surface area (Å²) in [7, 11) is 0. The number of hydrogen-bond donors (Lipinski definition) is 0. The second-order valence-corrected chi connectivity index (χ2v) is 16.0. The summed E-state index contributed by atoms with van der Waals surface area (Å²) in [5.74, 6) is 1.66. The summed E-state index contributed by atoms with van der Waals surface area (Å²) in [5.41, 5.74) is 13.2. The molecule has 0 atom stereocenters. The van der Waals surface area contributed by atoms with Gasteiger partial charge in [-0.1, -0.05) is 152 Å². The Morgan fingerprint density at radius 2 is 0.889 bits per heavy atom. The van der Waals surface area contributed by atoms with E-state index < -0.39 is 0 Å². The zero-order valence-corrected chi connectivity index (χ0v) is 33.9. The van der Waals surface area contributed by atoms with Crippen molar-refractivity contribution in [3.05, 3.63) is 212 Å². The molecular formula is C57H35N5O. The van der Waals surface area contributed by atoms with E-state index in [1.807, 2.05) is 12.1 Å². The molecule has 13 rings (SSSR count). The first kappa shape index (κ1) is 35.2. The highest BCUT2D eigenvalue weighted by molar-refractivity contribution is 6.21. The Hall–Kier alpha value is -8.61. The highest BCUT2D eigenvalue weighted by Crippen LogP contribution is 2.41. The number of nitrogens with zero attached hydrogens (tertiary/aromatic N) is 5. The Morgan fingerprint density at radius 3 is 1.67 bits per heavy atom. The average molecular weight is 806 g/mol. The van der Waals surface area contributed by atoms with Crippen LogP contribution in [0.25, 0.3) is 122 Å². The van der Waals surface area contributed by atoms with Crippen LogP contribution in [0.3, 0.4) is 0 Å². The fourth-order valence-electron chi connectivity index (χ4n) is 9.56. The van der Waals surface area contributed by atoms with Gasteiger partial charge in [-0.05, 0) is 82.9 Å². The first-order valence-electron chi connectivity index (χ1n) is 21.2. The quantitative estimate of drug-likeness (QED) is 0.168. The van der Waals surface area contributed by atoms with Crippen molar-refractivity contribution in [3.63, 3.8) is 0 Å². The van der Waals surface area contributed by atoms with E-state index in [0.717, 1.165) is 105 Å². The topological polar surface area (TPSA) is 61.7 Å². The molecule has 0 fully saturated rings. The fraction of sp³-hybridized carbons (Fsp3) is 0. The Morgan fingerprint density at radius 1 is 0.333 bits per heavy atom. The summed E-state index contributed by atoms with van der Waals surface area (Å²) >= 11 is 0. The molecule has 0 saturated heterocycles. The van der Waals surface area contributed by atoms with E-state index in [1.165, 1.54) is 0 Å². The van der Waals surface area contributed by atoms with Gasteiger partial charge in [0.2, 0.25) is 5.95 Å². The SMILES string of the molecule is c1ccc(-c2ccccc2-c2cccc(-c3nc(-c4ccc5c(c4)c4ccccc4n5-c4ccccc4)nc(-n4c5ccccc5c5ccc6c7ccccc7oc6c54)n3)c2)cc1. The van der Waals surface area contributed by atoms with Gasteiger partial charge in [-0.25, -0.2) is 4.98 Å². The third kappa shape index (κ3) is 5.55. The van der Waals surface area contributed by atoms with Crippen LogP contribution in [0.2, 0.25) is 0 Å². The van der Waals surface area contributed by atoms with Crippen LogP contribution in [-0.4, -0.2) is 24.1 Å². The van der Waals surface area contributed by atoms with Crippen LogP contribution in [0.4, 0.5) is 0 Å². The van der Waals surface area contributed by atoms with Gasteiger partial charge in [-0.15, -0.1) is 0 Å². The van der Waals surface area contributed by atoms with Gasteiger partial charge in [0, 0.05) is 49.1 Å². The van der Waals surface area contributed by atoms with Gasteiger partial charge in [0.05, 0.1) is 16.6 Å². The summed E-state index contributed by atoms with van der Waals surface area (Å²) in [6, 6.07) is 74.4. The second kappa shape index (κ2) is 14.0. The van der Waals surface area contributed by atoms with Crippen molar-refractivity contribution in [1.82, 2.24) is 24.1 Å². The molecule has 13 aromatic rings.